The average Bonchev–Trinajstić information content (AvgIpc) is 3.55. The molecular formula is C22H22ClNO3. The summed E-state index contributed by atoms with van der Waals surface area (Å²) < 4.78 is 5.56. The number of benzene rings is 2. The number of hydrogen-bond acceptors (Lipinski definition) is 3. The van der Waals surface area contributed by atoms with Crippen LogP contribution in [0, 0.1) is 11.8 Å². The summed E-state index contributed by atoms with van der Waals surface area (Å²) in [5.74, 6) is 0.427. The standard InChI is InChI=1S/C22H22ClNO3/c23-19-14-18(15-4-2-1-3-5-15)8-9-20(19)27-22(26)17-10-12-24(13-11-17)21(25)16-6-7-16/h1-5,8-9,14,16-17H,6-7,10-13H2. The van der Waals surface area contributed by atoms with Crippen LogP contribution in [-0.2, 0) is 9.59 Å². The average molecular weight is 384 g/mol. The van der Waals surface area contributed by atoms with Crippen LogP contribution in [0.15, 0.2) is 48.5 Å². The second kappa shape index (κ2) is 7.73. The van der Waals surface area contributed by atoms with Gasteiger partial charge in [0, 0.05) is 19.0 Å². The highest BCUT2D eigenvalue weighted by Crippen LogP contribution is 2.34. The van der Waals surface area contributed by atoms with Crippen LogP contribution in [0.3, 0.4) is 0 Å². The fourth-order valence-electron chi connectivity index (χ4n) is 3.51. The van der Waals surface area contributed by atoms with Gasteiger partial charge in [-0.3, -0.25) is 9.59 Å². The van der Waals surface area contributed by atoms with Crippen LogP contribution in [0.2, 0.25) is 5.02 Å². The van der Waals surface area contributed by atoms with Crippen LogP contribution >= 0.6 is 11.6 Å². The first-order valence-electron chi connectivity index (χ1n) is 9.47. The molecule has 4 rings (SSSR count). The van der Waals surface area contributed by atoms with E-state index in [2.05, 4.69) is 0 Å². The fourth-order valence-corrected chi connectivity index (χ4v) is 3.73. The van der Waals surface area contributed by atoms with Crippen molar-refractivity contribution in [1.82, 2.24) is 4.90 Å². The Hall–Kier alpha value is -2.33. The molecule has 0 unspecified atom stereocenters. The zero-order chi connectivity index (χ0) is 18.8. The number of amides is 1. The van der Waals surface area contributed by atoms with Crippen molar-refractivity contribution in [1.29, 1.82) is 0 Å². The molecule has 0 aromatic heterocycles. The van der Waals surface area contributed by atoms with Gasteiger partial charge in [-0.15, -0.1) is 0 Å². The van der Waals surface area contributed by atoms with Crippen molar-refractivity contribution in [2.75, 3.05) is 13.1 Å². The number of nitrogens with zero attached hydrogens (tertiary/aromatic N) is 1. The lowest BCUT2D eigenvalue weighted by Crippen LogP contribution is -2.41. The predicted octanol–water partition coefficient (Wildman–Crippen LogP) is 4.56. The summed E-state index contributed by atoms with van der Waals surface area (Å²) in [5, 5.41) is 0.422. The molecular weight excluding hydrogens is 362 g/mol. The maximum Gasteiger partial charge on any atom is 0.314 e. The lowest BCUT2D eigenvalue weighted by atomic mass is 9.96. The SMILES string of the molecule is O=C(Oc1ccc(-c2ccccc2)cc1Cl)C1CCN(C(=O)C2CC2)CC1. The Bertz CT molecular complexity index is 840. The Balaban J connectivity index is 1.36. The molecule has 0 bridgehead atoms. The summed E-state index contributed by atoms with van der Waals surface area (Å²) in [6, 6.07) is 15.4. The van der Waals surface area contributed by atoms with E-state index < -0.39 is 0 Å². The number of piperidine rings is 1. The number of halogens is 1. The van der Waals surface area contributed by atoms with E-state index in [0.29, 0.717) is 36.7 Å². The quantitative estimate of drug-likeness (QED) is 0.574. The maximum atomic E-state index is 12.5. The molecule has 2 aromatic carbocycles. The molecule has 27 heavy (non-hydrogen) atoms. The number of esters is 1. The third-order valence-electron chi connectivity index (χ3n) is 5.32. The third-order valence-corrected chi connectivity index (χ3v) is 5.61. The lowest BCUT2D eigenvalue weighted by Gasteiger charge is -2.31. The largest absolute Gasteiger partial charge is 0.425 e. The van der Waals surface area contributed by atoms with E-state index in [1.54, 1.807) is 6.07 Å². The van der Waals surface area contributed by atoms with Crippen LogP contribution in [0.4, 0.5) is 0 Å². The zero-order valence-electron chi connectivity index (χ0n) is 15.1. The molecule has 1 amide bonds. The maximum absolute atomic E-state index is 12.5. The summed E-state index contributed by atoms with van der Waals surface area (Å²) in [5.41, 5.74) is 2.04. The van der Waals surface area contributed by atoms with Crippen molar-refractivity contribution in [2.45, 2.75) is 25.7 Å². The smallest absolute Gasteiger partial charge is 0.314 e. The first-order chi connectivity index (χ1) is 13.1. The van der Waals surface area contributed by atoms with Gasteiger partial charge in [0.2, 0.25) is 5.91 Å². The molecule has 5 heteroatoms. The van der Waals surface area contributed by atoms with Crippen LogP contribution in [-0.4, -0.2) is 29.9 Å². The summed E-state index contributed by atoms with van der Waals surface area (Å²) in [7, 11) is 0. The number of likely N-dealkylation sites (tertiary alicyclic amines) is 1. The Morgan fingerprint density at radius 2 is 1.59 bits per heavy atom. The van der Waals surface area contributed by atoms with Gasteiger partial charge in [-0.1, -0.05) is 48.0 Å². The fraction of sp³-hybridized carbons (Fsp3) is 0.364. The predicted molar refractivity (Wildman–Crippen MR) is 105 cm³/mol. The van der Waals surface area contributed by atoms with Crippen molar-refractivity contribution < 1.29 is 14.3 Å². The molecule has 2 fully saturated rings. The highest BCUT2D eigenvalue weighted by Gasteiger charge is 2.36. The van der Waals surface area contributed by atoms with Crippen molar-refractivity contribution in [2.24, 2.45) is 11.8 Å². The molecule has 0 radical (unpaired) electrons. The second-order valence-electron chi connectivity index (χ2n) is 7.31. The van der Waals surface area contributed by atoms with E-state index >= 15 is 0 Å². The highest BCUT2D eigenvalue weighted by molar-refractivity contribution is 6.32. The van der Waals surface area contributed by atoms with E-state index in [4.69, 9.17) is 16.3 Å². The van der Waals surface area contributed by atoms with Crippen LogP contribution in [0.1, 0.15) is 25.7 Å². The van der Waals surface area contributed by atoms with Crippen LogP contribution in [0.5, 0.6) is 5.75 Å². The normalized spacial score (nSPS) is 17.6. The van der Waals surface area contributed by atoms with Crippen molar-refractivity contribution in [3.05, 3.63) is 53.6 Å². The first kappa shape index (κ1) is 18.1. The Morgan fingerprint density at radius 3 is 2.22 bits per heavy atom. The molecule has 1 heterocycles. The topological polar surface area (TPSA) is 46.6 Å². The van der Waals surface area contributed by atoms with Crippen molar-refractivity contribution in [3.63, 3.8) is 0 Å². The zero-order valence-corrected chi connectivity index (χ0v) is 15.8. The van der Waals surface area contributed by atoms with Gasteiger partial charge in [-0.05, 0) is 48.9 Å². The van der Waals surface area contributed by atoms with Gasteiger partial charge in [-0.2, -0.15) is 0 Å². The van der Waals surface area contributed by atoms with Gasteiger partial charge in [0.05, 0.1) is 10.9 Å². The van der Waals surface area contributed by atoms with Gasteiger partial charge in [0.25, 0.3) is 0 Å². The number of ether oxygens (including phenoxy) is 1. The molecule has 0 N–H and O–H groups in total. The number of carbonyl (C=O) groups excluding carboxylic acids is 2. The van der Waals surface area contributed by atoms with E-state index in [1.807, 2.05) is 47.4 Å². The molecule has 1 aliphatic carbocycles. The van der Waals surface area contributed by atoms with E-state index in [1.165, 1.54) is 0 Å². The highest BCUT2D eigenvalue weighted by atomic mass is 35.5. The molecule has 2 aliphatic rings. The van der Waals surface area contributed by atoms with E-state index in [9.17, 15) is 9.59 Å². The molecule has 1 saturated heterocycles. The lowest BCUT2D eigenvalue weighted by molar-refractivity contribution is -0.143. The molecule has 1 saturated carbocycles. The number of hydrogen-bond donors (Lipinski definition) is 0. The monoisotopic (exact) mass is 383 g/mol. The minimum absolute atomic E-state index is 0.182. The van der Waals surface area contributed by atoms with E-state index in [0.717, 1.165) is 24.0 Å². The van der Waals surface area contributed by atoms with Gasteiger partial charge in [-0.25, -0.2) is 0 Å². The van der Waals surface area contributed by atoms with Crippen molar-refractivity contribution >= 4 is 23.5 Å². The molecule has 1 aliphatic heterocycles. The summed E-state index contributed by atoms with van der Waals surface area (Å²) in [4.78, 5) is 26.5. The first-order valence-corrected chi connectivity index (χ1v) is 9.85. The number of rotatable bonds is 4. The molecule has 0 spiro atoms. The summed E-state index contributed by atoms with van der Waals surface area (Å²) >= 11 is 6.34. The van der Waals surface area contributed by atoms with Crippen molar-refractivity contribution in [3.8, 4) is 16.9 Å². The summed E-state index contributed by atoms with van der Waals surface area (Å²) in [6.45, 7) is 1.27. The molecule has 140 valence electrons. The number of carbonyl (C=O) groups is 2. The second-order valence-corrected chi connectivity index (χ2v) is 7.71. The molecule has 0 atom stereocenters. The Labute approximate surface area is 164 Å². The van der Waals surface area contributed by atoms with Gasteiger partial charge in [0.15, 0.2) is 0 Å². The Morgan fingerprint density at radius 1 is 0.889 bits per heavy atom. The van der Waals surface area contributed by atoms with Crippen LogP contribution in [0.25, 0.3) is 11.1 Å². The third kappa shape index (κ3) is 4.16. The van der Waals surface area contributed by atoms with Crippen LogP contribution < -0.4 is 4.74 Å². The van der Waals surface area contributed by atoms with Gasteiger partial charge >= 0.3 is 5.97 Å². The summed E-state index contributed by atoms with van der Waals surface area (Å²) in [6.07, 6.45) is 3.32. The minimum Gasteiger partial charge on any atom is -0.425 e. The minimum atomic E-state index is -0.261. The molecule has 4 nitrogen and oxygen atoms in total. The Kier molecular flexibility index (Phi) is 5.17. The van der Waals surface area contributed by atoms with Gasteiger partial charge in [0.1, 0.15) is 5.75 Å². The molecule has 2 aromatic rings. The van der Waals surface area contributed by atoms with Gasteiger partial charge < -0.3 is 9.64 Å². The van der Waals surface area contributed by atoms with E-state index in [-0.39, 0.29) is 23.7 Å².